The first-order valence-corrected chi connectivity index (χ1v) is 7.03. The average Bonchev–Trinajstić information content (AvgIpc) is 2.82. The van der Waals surface area contributed by atoms with Crippen molar-refractivity contribution >= 4 is 16.7 Å². The number of ketones is 1. The van der Waals surface area contributed by atoms with Gasteiger partial charge in [-0.2, -0.15) is 0 Å². The monoisotopic (exact) mass is 261 g/mol. The summed E-state index contributed by atoms with van der Waals surface area (Å²) in [6.45, 7) is 0. The van der Waals surface area contributed by atoms with E-state index in [1.807, 2.05) is 6.07 Å². The third-order valence-electron chi connectivity index (χ3n) is 4.12. The summed E-state index contributed by atoms with van der Waals surface area (Å²) in [5, 5.41) is 1.22. The molecule has 2 heteroatoms. The maximum Gasteiger partial charge on any atom is 0.137 e. The Morgan fingerprint density at radius 3 is 2.45 bits per heavy atom. The quantitative estimate of drug-likeness (QED) is 0.655. The zero-order chi connectivity index (χ0) is 13.5. The Hall–Kier alpha value is -2.35. The van der Waals surface area contributed by atoms with Crippen molar-refractivity contribution in [1.29, 1.82) is 0 Å². The van der Waals surface area contributed by atoms with E-state index in [1.54, 1.807) is 0 Å². The molecule has 0 bridgehead atoms. The molecule has 0 atom stereocenters. The van der Waals surface area contributed by atoms with E-state index in [4.69, 9.17) is 0 Å². The highest BCUT2D eigenvalue weighted by atomic mass is 16.1. The van der Waals surface area contributed by atoms with Crippen molar-refractivity contribution in [3.05, 3.63) is 65.9 Å². The number of aromatic nitrogens is 1. The summed E-state index contributed by atoms with van der Waals surface area (Å²) >= 11 is 0. The number of hydrogen-bond donors (Lipinski definition) is 0. The lowest BCUT2D eigenvalue weighted by Gasteiger charge is -2.15. The van der Waals surface area contributed by atoms with Gasteiger partial charge in [0.05, 0.1) is 5.52 Å². The van der Waals surface area contributed by atoms with Crippen LogP contribution >= 0.6 is 0 Å². The molecule has 1 aromatic heterocycles. The molecule has 1 heterocycles. The summed E-state index contributed by atoms with van der Waals surface area (Å²) in [6, 6.07) is 18.8. The molecule has 20 heavy (non-hydrogen) atoms. The van der Waals surface area contributed by atoms with E-state index >= 15 is 0 Å². The lowest BCUT2D eigenvalue weighted by molar-refractivity contribution is -0.118. The first kappa shape index (κ1) is 11.5. The minimum atomic E-state index is 0.355. The molecule has 98 valence electrons. The number of para-hydroxylation sites is 2. The molecule has 0 unspecified atom stereocenters. The highest BCUT2D eigenvalue weighted by molar-refractivity contribution is 5.94. The number of carbonyl (C=O) groups is 1. The molecule has 0 fully saturated rings. The van der Waals surface area contributed by atoms with E-state index in [1.165, 1.54) is 27.8 Å². The van der Waals surface area contributed by atoms with Gasteiger partial charge in [0.1, 0.15) is 5.78 Å². The van der Waals surface area contributed by atoms with Gasteiger partial charge in [-0.05, 0) is 30.2 Å². The van der Waals surface area contributed by atoms with Crippen LogP contribution < -0.4 is 0 Å². The first-order chi connectivity index (χ1) is 9.84. The van der Waals surface area contributed by atoms with Crippen LogP contribution in [0.5, 0.6) is 0 Å². The maximum atomic E-state index is 11.8. The van der Waals surface area contributed by atoms with Crippen molar-refractivity contribution in [2.45, 2.75) is 19.3 Å². The van der Waals surface area contributed by atoms with Gasteiger partial charge in [-0.1, -0.05) is 36.4 Å². The summed E-state index contributed by atoms with van der Waals surface area (Å²) in [6.07, 6.45) is 2.09. The number of benzene rings is 2. The van der Waals surface area contributed by atoms with Gasteiger partial charge in [0.25, 0.3) is 0 Å². The molecular weight excluding hydrogens is 246 g/mol. The van der Waals surface area contributed by atoms with Crippen LogP contribution in [0.3, 0.4) is 0 Å². The first-order valence-electron chi connectivity index (χ1n) is 7.03. The molecule has 3 aromatic rings. The molecule has 0 aliphatic heterocycles. The second-order valence-corrected chi connectivity index (χ2v) is 5.33. The summed E-state index contributed by atoms with van der Waals surface area (Å²) in [7, 11) is 0. The lowest BCUT2D eigenvalue weighted by atomic mass is 9.94. The van der Waals surface area contributed by atoms with E-state index in [0.717, 1.165) is 6.42 Å². The van der Waals surface area contributed by atoms with Crippen molar-refractivity contribution in [3.8, 4) is 5.69 Å². The molecule has 2 nitrogen and oxygen atoms in total. The highest BCUT2D eigenvalue weighted by Gasteiger charge is 2.23. The SMILES string of the molecule is O=C1CCc2c(c3ccccc3n2-c2ccccc2)C1. The van der Waals surface area contributed by atoms with Crippen LogP contribution in [0.4, 0.5) is 0 Å². The van der Waals surface area contributed by atoms with Crippen LogP contribution in [0.2, 0.25) is 0 Å². The fraction of sp³-hybridized carbons (Fsp3) is 0.167. The Morgan fingerprint density at radius 1 is 0.850 bits per heavy atom. The van der Waals surface area contributed by atoms with Crippen LogP contribution in [0, 0.1) is 0 Å². The van der Waals surface area contributed by atoms with Gasteiger partial charge in [-0.3, -0.25) is 4.79 Å². The van der Waals surface area contributed by atoms with Gasteiger partial charge in [-0.15, -0.1) is 0 Å². The van der Waals surface area contributed by atoms with Crippen molar-refractivity contribution in [2.75, 3.05) is 0 Å². The lowest BCUT2D eigenvalue weighted by Crippen LogP contribution is -2.14. The highest BCUT2D eigenvalue weighted by Crippen LogP contribution is 2.33. The van der Waals surface area contributed by atoms with Crippen molar-refractivity contribution in [1.82, 2.24) is 4.57 Å². The van der Waals surface area contributed by atoms with Gasteiger partial charge >= 0.3 is 0 Å². The number of Topliss-reactive ketones (excluding diaryl/α,β-unsaturated/α-hetero) is 1. The topological polar surface area (TPSA) is 22.0 Å². The summed E-state index contributed by atoms with van der Waals surface area (Å²) in [4.78, 5) is 11.8. The third-order valence-corrected chi connectivity index (χ3v) is 4.12. The number of hydrogen-bond acceptors (Lipinski definition) is 1. The van der Waals surface area contributed by atoms with Crippen LogP contribution in [0.15, 0.2) is 54.6 Å². The fourth-order valence-corrected chi connectivity index (χ4v) is 3.23. The molecular formula is C18H15NO. The Kier molecular flexibility index (Phi) is 2.49. The largest absolute Gasteiger partial charge is 0.313 e. The smallest absolute Gasteiger partial charge is 0.137 e. The zero-order valence-electron chi connectivity index (χ0n) is 11.2. The number of carbonyl (C=O) groups excluding carboxylic acids is 1. The predicted octanol–water partition coefficient (Wildman–Crippen LogP) is 3.69. The normalized spacial score (nSPS) is 14.5. The Bertz CT molecular complexity index is 799. The molecule has 1 aliphatic carbocycles. The molecule has 0 amide bonds. The maximum absolute atomic E-state index is 11.8. The molecule has 0 saturated heterocycles. The van der Waals surface area contributed by atoms with E-state index in [9.17, 15) is 4.79 Å². The fourth-order valence-electron chi connectivity index (χ4n) is 3.23. The molecule has 4 rings (SSSR count). The van der Waals surface area contributed by atoms with Gasteiger partial charge < -0.3 is 4.57 Å². The van der Waals surface area contributed by atoms with Crippen molar-refractivity contribution in [2.24, 2.45) is 0 Å². The van der Waals surface area contributed by atoms with Crippen LogP contribution in [0.25, 0.3) is 16.6 Å². The second kappa shape index (κ2) is 4.34. The number of rotatable bonds is 1. The molecule has 0 saturated carbocycles. The van der Waals surface area contributed by atoms with Gasteiger partial charge in [0.15, 0.2) is 0 Å². The standard InChI is InChI=1S/C18H15NO/c20-14-10-11-18-16(12-14)15-8-4-5-9-17(15)19(18)13-6-2-1-3-7-13/h1-9H,10-12H2. The Labute approximate surface area is 117 Å². The average molecular weight is 261 g/mol. The van der Waals surface area contributed by atoms with Gasteiger partial charge in [0.2, 0.25) is 0 Å². The summed E-state index contributed by atoms with van der Waals surface area (Å²) in [5.41, 5.74) is 4.91. The van der Waals surface area contributed by atoms with Gasteiger partial charge in [-0.25, -0.2) is 0 Å². The molecule has 0 N–H and O–H groups in total. The molecule has 2 aromatic carbocycles. The van der Waals surface area contributed by atoms with Crippen molar-refractivity contribution < 1.29 is 4.79 Å². The number of fused-ring (bicyclic) bond motifs is 3. The predicted molar refractivity (Wildman–Crippen MR) is 80.3 cm³/mol. The minimum absolute atomic E-state index is 0.355. The van der Waals surface area contributed by atoms with E-state index in [0.29, 0.717) is 18.6 Å². The molecule has 1 aliphatic rings. The van der Waals surface area contributed by atoms with Crippen LogP contribution in [-0.4, -0.2) is 10.4 Å². The molecule has 0 radical (unpaired) electrons. The second-order valence-electron chi connectivity index (χ2n) is 5.33. The Morgan fingerprint density at radius 2 is 1.60 bits per heavy atom. The van der Waals surface area contributed by atoms with E-state index < -0.39 is 0 Å². The zero-order valence-corrected chi connectivity index (χ0v) is 11.2. The van der Waals surface area contributed by atoms with E-state index in [-0.39, 0.29) is 0 Å². The minimum Gasteiger partial charge on any atom is -0.313 e. The molecule has 0 spiro atoms. The Balaban J connectivity index is 2.08. The van der Waals surface area contributed by atoms with Crippen LogP contribution in [0.1, 0.15) is 17.7 Å². The summed E-state index contributed by atoms with van der Waals surface area (Å²) in [5.74, 6) is 0.355. The van der Waals surface area contributed by atoms with Crippen LogP contribution in [-0.2, 0) is 17.6 Å². The van der Waals surface area contributed by atoms with Gasteiger partial charge in [0, 0.05) is 29.6 Å². The number of nitrogens with zero attached hydrogens (tertiary/aromatic N) is 1. The van der Waals surface area contributed by atoms with Crippen molar-refractivity contribution in [3.63, 3.8) is 0 Å². The van der Waals surface area contributed by atoms with E-state index in [2.05, 4.69) is 53.1 Å². The third kappa shape index (κ3) is 1.61. The summed E-state index contributed by atoms with van der Waals surface area (Å²) < 4.78 is 2.32.